The first kappa shape index (κ1) is 13.8. The molecule has 0 aromatic heterocycles. The number of aliphatic hydroxyl groups excluding tert-OH is 1. The second-order valence-electron chi connectivity index (χ2n) is 4.03. The van der Waals surface area contributed by atoms with E-state index in [0.29, 0.717) is 15.6 Å². The SMILES string of the molecule is COC(C(C)C)C(O)c1cccc(Cl)c1Cl. The normalized spacial score (nSPS) is 15.2. The number of hydrogen-bond acceptors (Lipinski definition) is 2. The van der Waals surface area contributed by atoms with Gasteiger partial charge >= 0.3 is 0 Å². The van der Waals surface area contributed by atoms with Crippen molar-refractivity contribution in [2.24, 2.45) is 5.92 Å². The van der Waals surface area contributed by atoms with Gasteiger partial charge in [-0.1, -0.05) is 49.2 Å². The van der Waals surface area contributed by atoms with Crippen molar-refractivity contribution < 1.29 is 9.84 Å². The average Bonchev–Trinajstić information content (AvgIpc) is 2.22. The van der Waals surface area contributed by atoms with E-state index in [0.717, 1.165) is 0 Å². The van der Waals surface area contributed by atoms with Crippen LogP contribution in [0.15, 0.2) is 18.2 Å². The van der Waals surface area contributed by atoms with E-state index in [1.807, 2.05) is 13.8 Å². The standard InChI is InChI=1S/C12H16Cl2O2/c1-7(2)12(16-3)11(15)8-5-4-6-9(13)10(8)14/h4-7,11-12,15H,1-3H3. The monoisotopic (exact) mass is 262 g/mol. The summed E-state index contributed by atoms with van der Waals surface area (Å²) in [4.78, 5) is 0. The molecule has 0 bridgehead atoms. The lowest BCUT2D eigenvalue weighted by Crippen LogP contribution is -2.26. The van der Waals surface area contributed by atoms with E-state index in [-0.39, 0.29) is 12.0 Å². The van der Waals surface area contributed by atoms with Crippen LogP contribution < -0.4 is 0 Å². The van der Waals surface area contributed by atoms with Crippen LogP contribution in [0.5, 0.6) is 0 Å². The fourth-order valence-electron chi connectivity index (χ4n) is 1.69. The van der Waals surface area contributed by atoms with Gasteiger partial charge in [0.25, 0.3) is 0 Å². The molecule has 0 spiro atoms. The molecule has 0 saturated carbocycles. The fraction of sp³-hybridized carbons (Fsp3) is 0.500. The maximum atomic E-state index is 10.2. The molecule has 90 valence electrons. The highest BCUT2D eigenvalue weighted by Crippen LogP contribution is 2.33. The summed E-state index contributed by atoms with van der Waals surface area (Å²) in [5, 5.41) is 11.0. The lowest BCUT2D eigenvalue weighted by atomic mass is 9.96. The molecule has 2 unspecified atom stereocenters. The van der Waals surface area contributed by atoms with Crippen LogP contribution in [0.25, 0.3) is 0 Å². The van der Waals surface area contributed by atoms with Crippen LogP contribution >= 0.6 is 23.2 Å². The number of rotatable bonds is 4. The molecule has 4 heteroatoms. The van der Waals surface area contributed by atoms with E-state index in [2.05, 4.69) is 0 Å². The van der Waals surface area contributed by atoms with Crippen molar-refractivity contribution in [1.29, 1.82) is 0 Å². The van der Waals surface area contributed by atoms with Gasteiger partial charge in [-0.05, 0) is 12.0 Å². The van der Waals surface area contributed by atoms with Crippen molar-refractivity contribution in [3.05, 3.63) is 33.8 Å². The van der Waals surface area contributed by atoms with Crippen molar-refractivity contribution >= 4 is 23.2 Å². The van der Waals surface area contributed by atoms with Crippen molar-refractivity contribution in [2.45, 2.75) is 26.1 Å². The molecule has 0 aliphatic rings. The Morgan fingerprint density at radius 3 is 2.38 bits per heavy atom. The minimum atomic E-state index is -0.767. The van der Waals surface area contributed by atoms with E-state index in [4.69, 9.17) is 27.9 Å². The summed E-state index contributed by atoms with van der Waals surface area (Å²) < 4.78 is 5.27. The third-order valence-electron chi connectivity index (χ3n) is 2.54. The summed E-state index contributed by atoms with van der Waals surface area (Å²) in [6.45, 7) is 3.96. The number of methoxy groups -OCH3 is 1. The molecule has 1 N–H and O–H groups in total. The van der Waals surface area contributed by atoms with Crippen LogP contribution in [0.2, 0.25) is 10.0 Å². The van der Waals surface area contributed by atoms with Gasteiger partial charge in [-0.2, -0.15) is 0 Å². The Labute approximate surface area is 106 Å². The first-order valence-corrected chi connectivity index (χ1v) is 5.89. The maximum Gasteiger partial charge on any atom is 0.107 e. The molecule has 1 aromatic carbocycles. The van der Waals surface area contributed by atoms with Gasteiger partial charge < -0.3 is 9.84 Å². The number of benzene rings is 1. The molecule has 2 atom stereocenters. The molecule has 2 nitrogen and oxygen atoms in total. The Hall–Kier alpha value is -0.280. The molecular formula is C12H16Cl2O2. The summed E-state index contributed by atoms with van der Waals surface area (Å²) in [5.74, 6) is 0.190. The maximum absolute atomic E-state index is 10.2. The molecule has 16 heavy (non-hydrogen) atoms. The number of aliphatic hydroxyl groups is 1. The van der Waals surface area contributed by atoms with Gasteiger partial charge in [-0.25, -0.2) is 0 Å². The fourth-order valence-corrected chi connectivity index (χ4v) is 2.11. The van der Waals surface area contributed by atoms with E-state index in [9.17, 15) is 5.11 Å². The largest absolute Gasteiger partial charge is 0.386 e. The zero-order valence-corrected chi connectivity index (χ0v) is 11.1. The summed E-state index contributed by atoms with van der Waals surface area (Å²) in [6, 6.07) is 5.21. The number of ether oxygens (including phenoxy) is 1. The van der Waals surface area contributed by atoms with E-state index >= 15 is 0 Å². The quantitative estimate of drug-likeness (QED) is 0.897. The Kier molecular flexibility index (Phi) is 5.06. The lowest BCUT2D eigenvalue weighted by Gasteiger charge is -2.26. The summed E-state index contributed by atoms with van der Waals surface area (Å²) in [6.07, 6.45) is -1.06. The van der Waals surface area contributed by atoms with Gasteiger partial charge in [0.1, 0.15) is 6.10 Å². The summed E-state index contributed by atoms with van der Waals surface area (Å²) in [5.41, 5.74) is 0.606. The Balaban J connectivity index is 3.03. The van der Waals surface area contributed by atoms with Gasteiger partial charge in [0.15, 0.2) is 0 Å². The molecular weight excluding hydrogens is 247 g/mol. The Morgan fingerprint density at radius 1 is 1.25 bits per heavy atom. The van der Waals surface area contributed by atoms with Crippen molar-refractivity contribution in [2.75, 3.05) is 7.11 Å². The molecule has 0 radical (unpaired) electrons. The van der Waals surface area contributed by atoms with Crippen molar-refractivity contribution in [3.63, 3.8) is 0 Å². The third-order valence-corrected chi connectivity index (χ3v) is 3.37. The molecule has 0 fully saturated rings. The van der Waals surface area contributed by atoms with Gasteiger partial charge in [0.05, 0.1) is 16.1 Å². The second kappa shape index (κ2) is 5.87. The Morgan fingerprint density at radius 2 is 1.88 bits per heavy atom. The first-order chi connectivity index (χ1) is 7.49. The number of hydrogen-bond donors (Lipinski definition) is 1. The number of halogens is 2. The van der Waals surface area contributed by atoms with Gasteiger partial charge in [0, 0.05) is 12.7 Å². The van der Waals surface area contributed by atoms with E-state index in [1.54, 1.807) is 25.3 Å². The van der Waals surface area contributed by atoms with Crippen molar-refractivity contribution in [1.82, 2.24) is 0 Å². The average molecular weight is 263 g/mol. The minimum Gasteiger partial charge on any atom is -0.386 e. The first-order valence-electron chi connectivity index (χ1n) is 5.13. The molecule has 0 saturated heterocycles. The third kappa shape index (κ3) is 2.89. The van der Waals surface area contributed by atoms with Gasteiger partial charge in [-0.3, -0.25) is 0 Å². The Bertz CT molecular complexity index is 353. The van der Waals surface area contributed by atoms with Crippen LogP contribution in [-0.4, -0.2) is 18.3 Å². The molecule has 0 aliphatic carbocycles. The predicted octanol–water partition coefficient (Wildman–Crippen LogP) is 3.70. The van der Waals surface area contributed by atoms with E-state index < -0.39 is 6.10 Å². The lowest BCUT2D eigenvalue weighted by molar-refractivity contribution is -0.0390. The smallest absolute Gasteiger partial charge is 0.107 e. The zero-order valence-electron chi connectivity index (χ0n) is 9.58. The van der Waals surface area contributed by atoms with Crippen LogP contribution in [0.1, 0.15) is 25.5 Å². The molecule has 0 heterocycles. The van der Waals surface area contributed by atoms with Crippen LogP contribution in [0.3, 0.4) is 0 Å². The predicted molar refractivity (Wildman–Crippen MR) is 67.1 cm³/mol. The molecule has 1 rings (SSSR count). The summed E-state index contributed by atoms with van der Waals surface area (Å²) >= 11 is 11.9. The highest BCUT2D eigenvalue weighted by atomic mass is 35.5. The zero-order chi connectivity index (χ0) is 12.3. The molecule has 1 aromatic rings. The van der Waals surface area contributed by atoms with Crippen LogP contribution in [-0.2, 0) is 4.74 Å². The van der Waals surface area contributed by atoms with Crippen LogP contribution in [0.4, 0.5) is 0 Å². The summed E-state index contributed by atoms with van der Waals surface area (Å²) in [7, 11) is 1.58. The highest BCUT2D eigenvalue weighted by Gasteiger charge is 2.26. The topological polar surface area (TPSA) is 29.5 Å². The molecule has 0 aliphatic heterocycles. The van der Waals surface area contributed by atoms with Crippen molar-refractivity contribution in [3.8, 4) is 0 Å². The minimum absolute atomic E-state index is 0.190. The van der Waals surface area contributed by atoms with Crippen LogP contribution in [0, 0.1) is 5.92 Å². The van der Waals surface area contributed by atoms with Gasteiger partial charge in [0.2, 0.25) is 0 Å². The van der Waals surface area contributed by atoms with Gasteiger partial charge in [-0.15, -0.1) is 0 Å². The highest BCUT2D eigenvalue weighted by molar-refractivity contribution is 6.42. The van der Waals surface area contributed by atoms with E-state index in [1.165, 1.54) is 0 Å². The molecule has 0 amide bonds. The second-order valence-corrected chi connectivity index (χ2v) is 4.82.